The number of para-hydroxylation sites is 1. The van der Waals surface area contributed by atoms with Crippen LogP contribution in [0.15, 0.2) is 24.4 Å². The number of nitrogens with zero attached hydrogens (tertiary/aromatic N) is 1. The van der Waals surface area contributed by atoms with Crippen LogP contribution in [-0.2, 0) is 13.0 Å². The second-order valence-electron chi connectivity index (χ2n) is 4.06. The zero-order valence-corrected chi connectivity index (χ0v) is 11.8. The first-order valence-electron chi connectivity index (χ1n) is 6.12. The van der Waals surface area contributed by atoms with Crippen LogP contribution in [0.5, 0.6) is 0 Å². The van der Waals surface area contributed by atoms with E-state index in [9.17, 15) is 9.18 Å². The molecule has 1 aromatic carbocycles. The highest BCUT2D eigenvalue weighted by molar-refractivity contribution is 7.11. The Kier molecular flexibility index (Phi) is 4.65. The van der Waals surface area contributed by atoms with Crippen molar-refractivity contribution in [2.45, 2.75) is 19.9 Å². The van der Waals surface area contributed by atoms with Gasteiger partial charge in [0.05, 0.1) is 17.8 Å². The highest BCUT2D eigenvalue weighted by Gasteiger charge is 2.14. The highest BCUT2D eigenvalue weighted by atomic mass is 32.1. The molecule has 0 saturated heterocycles. The van der Waals surface area contributed by atoms with Crippen molar-refractivity contribution in [3.05, 3.63) is 45.7 Å². The van der Waals surface area contributed by atoms with Crippen LogP contribution in [0.2, 0.25) is 0 Å². The maximum absolute atomic E-state index is 13.5. The maximum Gasteiger partial charge on any atom is 0.253 e. The summed E-state index contributed by atoms with van der Waals surface area (Å²) in [5, 5.41) is 3.52. The summed E-state index contributed by atoms with van der Waals surface area (Å²) in [5.74, 6) is 4.27. The highest BCUT2D eigenvalue weighted by Crippen LogP contribution is 2.19. The van der Waals surface area contributed by atoms with Gasteiger partial charge in [0.2, 0.25) is 0 Å². The normalized spacial score (nSPS) is 10.3. The molecule has 4 N–H and O–H groups in total. The Morgan fingerprint density at radius 2 is 2.30 bits per heavy atom. The molecule has 1 heterocycles. The molecule has 0 fully saturated rings. The van der Waals surface area contributed by atoms with Gasteiger partial charge in [0.1, 0.15) is 10.8 Å². The van der Waals surface area contributed by atoms with Gasteiger partial charge in [-0.25, -0.2) is 9.37 Å². The molecule has 106 valence electrons. The van der Waals surface area contributed by atoms with Crippen LogP contribution < -0.4 is 16.6 Å². The van der Waals surface area contributed by atoms with Crippen molar-refractivity contribution in [3.63, 3.8) is 0 Å². The van der Waals surface area contributed by atoms with Gasteiger partial charge in [-0.05, 0) is 18.6 Å². The quantitative estimate of drug-likeness (QED) is 0.582. The monoisotopic (exact) mass is 294 g/mol. The van der Waals surface area contributed by atoms with E-state index in [2.05, 4.69) is 15.7 Å². The van der Waals surface area contributed by atoms with Crippen molar-refractivity contribution in [1.82, 2.24) is 10.3 Å². The Balaban J connectivity index is 2.07. The minimum Gasteiger partial charge on any atom is -0.345 e. The number of amides is 1. The SMILES string of the molecule is CCc1cnc(CNC(=O)c2cccc(F)c2NN)s1. The van der Waals surface area contributed by atoms with Crippen molar-refractivity contribution in [2.24, 2.45) is 5.84 Å². The van der Waals surface area contributed by atoms with Crippen molar-refractivity contribution in [1.29, 1.82) is 0 Å². The summed E-state index contributed by atoms with van der Waals surface area (Å²) in [7, 11) is 0. The maximum atomic E-state index is 13.5. The van der Waals surface area contributed by atoms with Gasteiger partial charge in [-0.1, -0.05) is 13.0 Å². The van der Waals surface area contributed by atoms with E-state index in [4.69, 9.17) is 5.84 Å². The van der Waals surface area contributed by atoms with Crippen molar-refractivity contribution in [3.8, 4) is 0 Å². The van der Waals surface area contributed by atoms with E-state index in [0.717, 1.165) is 16.3 Å². The molecule has 0 aliphatic heterocycles. The van der Waals surface area contributed by atoms with Crippen LogP contribution in [0.3, 0.4) is 0 Å². The van der Waals surface area contributed by atoms with Gasteiger partial charge in [-0.3, -0.25) is 10.6 Å². The van der Waals surface area contributed by atoms with E-state index in [1.54, 1.807) is 17.5 Å². The van der Waals surface area contributed by atoms with Crippen LogP contribution >= 0.6 is 11.3 Å². The molecule has 0 aliphatic carbocycles. The lowest BCUT2D eigenvalue weighted by molar-refractivity contribution is 0.0951. The molecule has 2 aromatic rings. The summed E-state index contributed by atoms with van der Waals surface area (Å²) < 4.78 is 13.5. The summed E-state index contributed by atoms with van der Waals surface area (Å²) in [5.41, 5.74) is 2.36. The molecule has 0 unspecified atom stereocenters. The topological polar surface area (TPSA) is 80.0 Å². The molecule has 0 radical (unpaired) electrons. The fourth-order valence-electron chi connectivity index (χ4n) is 1.70. The number of nitrogens with two attached hydrogens (primary N) is 1. The number of aromatic nitrogens is 1. The molecule has 1 amide bonds. The minimum atomic E-state index is -0.567. The first-order valence-corrected chi connectivity index (χ1v) is 6.94. The molecule has 0 bridgehead atoms. The Hall–Kier alpha value is -1.99. The van der Waals surface area contributed by atoms with Crippen LogP contribution in [0.25, 0.3) is 0 Å². The lowest BCUT2D eigenvalue weighted by Crippen LogP contribution is -2.25. The zero-order chi connectivity index (χ0) is 14.5. The number of halogens is 1. The number of carbonyl (C=O) groups excluding carboxylic acids is 1. The Morgan fingerprint density at radius 3 is 2.95 bits per heavy atom. The summed E-state index contributed by atoms with van der Waals surface area (Å²) in [6, 6.07) is 4.21. The summed E-state index contributed by atoms with van der Waals surface area (Å²) in [6.07, 6.45) is 2.71. The number of rotatable bonds is 5. The third-order valence-corrected chi connectivity index (χ3v) is 3.89. The van der Waals surface area contributed by atoms with Crippen LogP contribution in [-0.4, -0.2) is 10.9 Å². The lowest BCUT2D eigenvalue weighted by Gasteiger charge is -2.09. The van der Waals surface area contributed by atoms with Crippen molar-refractivity contribution < 1.29 is 9.18 Å². The van der Waals surface area contributed by atoms with Gasteiger partial charge >= 0.3 is 0 Å². The average molecular weight is 294 g/mol. The van der Waals surface area contributed by atoms with Gasteiger partial charge in [-0.15, -0.1) is 11.3 Å². The van der Waals surface area contributed by atoms with Crippen LogP contribution in [0.4, 0.5) is 10.1 Å². The van der Waals surface area contributed by atoms with Gasteiger partial charge in [0.15, 0.2) is 0 Å². The predicted octanol–water partition coefficient (Wildman–Crippen LogP) is 2.06. The molecule has 1 aromatic heterocycles. The number of anilines is 1. The molecule has 0 aliphatic rings. The molecular formula is C13H15FN4OS. The molecule has 5 nitrogen and oxygen atoms in total. The molecular weight excluding hydrogens is 279 g/mol. The zero-order valence-electron chi connectivity index (χ0n) is 10.9. The van der Waals surface area contributed by atoms with Gasteiger partial charge in [-0.2, -0.15) is 0 Å². The summed E-state index contributed by atoms with van der Waals surface area (Å²) >= 11 is 1.54. The number of hydrogen-bond donors (Lipinski definition) is 3. The van der Waals surface area contributed by atoms with Gasteiger partial charge in [0, 0.05) is 11.1 Å². The number of aryl methyl sites for hydroxylation is 1. The van der Waals surface area contributed by atoms with Crippen LogP contribution in [0.1, 0.15) is 27.2 Å². The smallest absolute Gasteiger partial charge is 0.253 e. The number of benzene rings is 1. The number of hydrazine groups is 1. The van der Waals surface area contributed by atoms with Crippen molar-refractivity contribution >= 4 is 22.9 Å². The second-order valence-corrected chi connectivity index (χ2v) is 5.26. The largest absolute Gasteiger partial charge is 0.345 e. The molecule has 2 rings (SSSR count). The lowest BCUT2D eigenvalue weighted by atomic mass is 10.1. The van der Waals surface area contributed by atoms with E-state index in [1.165, 1.54) is 18.2 Å². The first-order chi connectivity index (χ1) is 9.65. The predicted molar refractivity (Wildman–Crippen MR) is 76.9 cm³/mol. The van der Waals surface area contributed by atoms with E-state index in [-0.39, 0.29) is 11.3 Å². The van der Waals surface area contributed by atoms with E-state index in [1.807, 2.05) is 6.92 Å². The number of nitrogen functional groups attached to an aromatic ring is 1. The van der Waals surface area contributed by atoms with E-state index < -0.39 is 11.7 Å². The molecule has 20 heavy (non-hydrogen) atoms. The van der Waals surface area contributed by atoms with Gasteiger partial charge in [0.25, 0.3) is 5.91 Å². The average Bonchev–Trinajstić information content (AvgIpc) is 2.92. The minimum absolute atomic E-state index is 0.0154. The Bertz CT molecular complexity index is 614. The molecule has 0 spiro atoms. The molecule has 7 heteroatoms. The fraction of sp³-hybridized carbons (Fsp3) is 0.231. The van der Waals surface area contributed by atoms with Crippen LogP contribution in [0, 0.1) is 5.82 Å². The summed E-state index contributed by atoms with van der Waals surface area (Å²) in [4.78, 5) is 17.4. The molecule has 0 saturated carbocycles. The number of nitrogens with one attached hydrogen (secondary N) is 2. The second kappa shape index (κ2) is 6.44. The number of hydrogen-bond acceptors (Lipinski definition) is 5. The number of carbonyl (C=O) groups is 1. The van der Waals surface area contributed by atoms with Gasteiger partial charge < -0.3 is 10.7 Å². The van der Waals surface area contributed by atoms with E-state index in [0.29, 0.717) is 6.54 Å². The fourth-order valence-corrected chi connectivity index (χ4v) is 2.51. The molecule has 0 atom stereocenters. The Morgan fingerprint density at radius 1 is 1.50 bits per heavy atom. The first kappa shape index (κ1) is 14.4. The summed E-state index contributed by atoms with van der Waals surface area (Å²) in [6.45, 7) is 2.35. The van der Waals surface area contributed by atoms with Crippen molar-refractivity contribution in [2.75, 3.05) is 5.43 Å². The third kappa shape index (κ3) is 3.12. The third-order valence-electron chi connectivity index (χ3n) is 2.75. The van der Waals surface area contributed by atoms with E-state index >= 15 is 0 Å². The number of thiazole rings is 1. The Labute approximate surface area is 120 Å². The standard InChI is InChI=1S/C13H15FN4OS/c1-2-8-6-16-11(20-8)7-17-13(19)9-4-3-5-10(14)12(9)18-15/h3-6,18H,2,7,15H2,1H3,(H,17,19).